The van der Waals surface area contributed by atoms with Crippen LogP contribution in [-0.4, -0.2) is 56.0 Å². The average Bonchev–Trinajstić information content (AvgIpc) is 2.46. The Kier molecular flexibility index (Phi) is 8.61. The number of hydrogen-bond acceptors (Lipinski definition) is 7. The molecule has 20 heavy (non-hydrogen) atoms. The number of piperazine rings is 1. The van der Waals surface area contributed by atoms with Gasteiger partial charge >= 0.3 is 5.97 Å². The zero-order valence-corrected chi connectivity index (χ0v) is 14.0. The van der Waals surface area contributed by atoms with Crippen molar-refractivity contribution in [3.05, 3.63) is 4.91 Å². The largest absolute Gasteiger partial charge is 0.464 e. The molecule has 0 aromatic carbocycles. The first-order valence-electron chi connectivity index (χ1n) is 6.86. The molecule has 0 spiro atoms. The predicted molar refractivity (Wildman–Crippen MR) is 85.2 cm³/mol. The van der Waals surface area contributed by atoms with Crippen LogP contribution < -0.4 is 5.32 Å². The van der Waals surface area contributed by atoms with Gasteiger partial charge in [0.05, 0.1) is 5.41 Å². The highest BCUT2D eigenvalue weighted by molar-refractivity contribution is 8.49. The normalized spacial score (nSPS) is 17.5. The van der Waals surface area contributed by atoms with E-state index in [0.29, 0.717) is 12.4 Å². The Bertz CT molecular complexity index is 312. The molecule has 0 bridgehead atoms. The molecule has 1 heterocycles. The van der Waals surface area contributed by atoms with E-state index in [1.54, 1.807) is 0 Å². The van der Waals surface area contributed by atoms with E-state index in [9.17, 15) is 9.70 Å². The lowest BCUT2D eigenvalue weighted by Gasteiger charge is -2.30. The van der Waals surface area contributed by atoms with Gasteiger partial charge in [0.2, 0.25) is 0 Å². The fraction of sp³-hybridized carbons (Fsp3) is 0.917. The van der Waals surface area contributed by atoms with Crippen LogP contribution in [0.3, 0.4) is 0 Å². The van der Waals surface area contributed by atoms with E-state index < -0.39 is 5.41 Å². The summed E-state index contributed by atoms with van der Waals surface area (Å²) in [5.74, 6) is 0.472. The second-order valence-electron chi connectivity index (χ2n) is 5.39. The lowest BCUT2D eigenvalue weighted by Crippen LogP contribution is -2.45. The van der Waals surface area contributed by atoms with Gasteiger partial charge in [0.1, 0.15) is 14.5 Å². The Hall–Kier alpha value is -0.230. The van der Waals surface area contributed by atoms with Gasteiger partial charge in [-0.2, -0.15) is 0 Å². The van der Waals surface area contributed by atoms with Gasteiger partial charge < -0.3 is 15.0 Å². The summed E-state index contributed by atoms with van der Waals surface area (Å²) in [6.07, 6.45) is 0.802. The van der Waals surface area contributed by atoms with E-state index in [4.69, 9.17) is 4.74 Å². The van der Waals surface area contributed by atoms with E-state index in [0.717, 1.165) is 39.1 Å². The smallest absolute Gasteiger partial charge is 0.311 e. The number of carbonyl (C=O) groups excluding carboxylic acids is 1. The highest BCUT2D eigenvalue weighted by Gasteiger charge is 2.29. The van der Waals surface area contributed by atoms with Gasteiger partial charge in [-0.05, 0) is 31.8 Å². The maximum atomic E-state index is 12.0. The van der Waals surface area contributed by atoms with Gasteiger partial charge in [-0.3, -0.25) is 4.79 Å². The first kappa shape index (κ1) is 17.8. The van der Waals surface area contributed by atoms with Crippen LogP contribution in [0, 0.1) is 10.3 Å². The van der Waals surface area contributed by atoms with Gasteiger partial charge in [0.25, 0.3) is 0 Å². The molecule has 0 amide bonds. The number of rotatable bonds is 9. The van der Waals surface area contributed by atoms with Crippen LogP contribution in [0.15, 0.2) is 4.95 Å². The Morgan fingerprint density at radius 2 is 2.15 bits per heavy atom. The third kappa shape index (κ3) is 6.97. The van der Waals surface area contributed by atoms with E-state index in [1.807, 2.05) is 13.8 Å². The fourth-order valence-corrected chi connectivity index (χ4v) is 2.91. The van der Waals surface area contributed by atoms with Crippen LogP contribution in [-0.2, 0) is 9.53 Å². The van der Waals surface area contributed by atoms with Gasteiger partial charge in [-0.25, -0.2) is 0 Å². The van der Waals surface area contributed by atoms with E-state index >= 15 is 0 Å². The molecule has 0 aliphatic carbocycles. The molecule has 1 fully saturated rings. The first-order chi connectivity index (χ1) is 9.56. The number of carbonyl (C=O) groups is 1. The molecule has 0 radical (unpaired) electrons. The number of nitroso groups, excluding NO2 is 1. The Balaban J connectivity index is 2.20. The van der Waals surface area contributed by atoms with Crippen LogP contribution in [0.5, 0.6) is 0 Å². The van der Waals surface area contributed by atoms with Gasteiger partial charge in [0, 0.05) is 31.9 Å². The van der Waals surface area contributed by atoms with Gasteiger partial charge in [-0.15, -0.1) is 16.3 Å². The molecule has 0 saturated carbocycles. The molecule has 1 atom stereocenters. The molecule has 0 aromatic rings. The highest BCUT2D eigenvalue weighted by Crippen LogP contribution is 2.29. The van der Waals surface area contributed by atoms with Crippen LogP contribution in [0.4, 0.5) is 0 Å². The van der Waals surface area contributed by atoms with Crippen molar-refractivity contribution < 1.29 is 9.53 Å². The number of nitrogens with one attached hydrogen (secondary N) is 1. The SMILES string of the molecule is CC(C)(CCN1CCNCC1)C(=O)OCCSPN=O. The van der Waals surface area contributed by atoms with Crippen LogP contribution in [0.2, 0.25) is 0 Å². The monoisotopic (exact) mass is 321 g/mol. The van der Waals surface area contributed by atoms with Crippen molar-refractivity contribution in [1.82, 2.24) is 10.2 Å². The summed E-state index contributed by atoms with van der Waals surface area (Å²) in [4.78, 5) is 27.1. The number of hydrogen-bond donors (Lipinski definition) is 1. The summed E-state index contributed by atoms with van der Waals surface area (Å²) in [6, 6.07) is 0. The van der Waals surface area contributed by atoms with Gasteiger partial charge in [0.15, 0.2) is 0 Å². The van der Waals surface area contributed by atoms with Crippen LogP contribution in [0.1, 0.15) is 20.3 Å². The van der Waals surface area contributed by atoms with Crippen molar-refractivity contribution in [3.8, 4) is 0 Å². The average molecular weight is 321 g/mol. The second kappa shape index (κ2) is 9.66. The van der Waals surface area contributed by atoms with Crippen molar-refractivity contribution in [2.24, 2.45) is 10.4 Å². The summed E-state index contributed by atoms with van der Waals surface area (Å²) in [7, 11) is -0.00986. The summed E-state index contributed by atoms with van der Waals surface area (Å²) < 4.78 is 5.26. The molecule has 6 nitrogen and oxygen atoms in total. The Morgan fingerprint density at radius 1 is 1.45 bits per heavy atom. The number of ether oxygens (including phenoxy) is 1. The van der Waals surface area contributed by atoms with Crippen molar-refractivity contribution in [1.29, 1.82) is 0 Å². The highest BCUT2D eigenvalue weighted by atomic mass is 32.7. The zero-order valence-electron chi connectivity index (χ0n) is 12.2. The minimum absolute atomic E-state index is 0.00986. The van der Waals surface area contributed by atoms with Crippen molar-refractivity contribution in [2.75, 3.05) is 45.1 Å². The maximum Gasteiger partial charge on any atom is 0.311 e. The zero-order chi connectivity index (χ0) is 14.8. The van der Waals surface area contributed by atoms with Crippen molar-refractivity contribution in [2.45, 2.75) is 20.3 Å². The topological polar surface area (TPSA) is 71.0 Å². The standard InChI is InChI=1S/C12H24N3O3PS/c1-12(2,3-6-15-7-4-13-5-8-15)11(16)18-9-10-20-19-14-17/h13,19H,3-10H2,1-2H3. The molecular formula is C12H24N3O3PS. The first-order valence-corrected chi connectivity index (χ1v) is 9.51. The fourth-order valence-electron chi connectivity index (χ4n) is 1.92. The third-order valence-electron chi connectivity index (χ3n) is 3.34. The molecule has 116 valence electrons. The molecule has 1 aliphatic rings. The molecule has 1 unspecified atom stereocenters. The predicted octanol–water partition coefficient (Wildman–Crippen LogP) is 1.86. The van der Waals surface area contributed by atoms with E-state index in [-0.39, 0.29) is 13.9 Å². The Morgan fingerprint density at radius 3 is 2.80 bits per heavy atom. The third-order valence-corrected chi connectivity index (χ3v) is 5.13. The molecule has 1 N–H and O–H groups in total. The maximum absolute atomic E-state index is 12.0. The summed E-state index contributed by atoms with van der Waals surface area (Å²) in [5, 5.41) is 3.31. The number of esters is 1. The Labute approximate surface area is 126 Å². The lowest BCUT2D eigenvalue weighted by atomic mass is 9.89. The van der Waals surface area contributed by atoms with Crippen molar-refractivity contribution >= 4 is 25.3 Å². The van der Waals surface area contributed by atoms with Gasteiger partial charge in [-0.1, -0.05) is 0 Å². The summed E-state index contributed by atoms with van der Waals surface area (Å²) in [5.41, 5.74) is -0.458. The summed E-state index contributed by atoms with van der Waals surface area (Å²) in [6.45, 7) is 9.26. The molecule has 0 aromatic heterocycles. The minimum atomic E-state index is -0.458. The molecular weight excluding hydrogens is 297 g/mol. The lowest BCUT2D eigenvalue weighted by molar-refractivity contribution is -0.153. The summed E-state index contributed by atoms with van der Waals surface area (Å²) >= 11 is 1.40. The number of nitrogens with zero attached hydrogens (tertiary/aromatic N) is 2. The molecule has 1 saturated heterocycles. The van der Waals surface area contributed by atoms with Crippen molar-refractivity contribution in [3.63, 3.8) is 0 Å². The van der Waals surface area contributed by atoms with Crippen LogP contribution in [0.25, 0.3) is 0 Å². The molecule has 1 rings (SSSR count). The van der Waals surface area contributed by atoms with E-state index in [2.05, 4.69) is 15.2 Å². The molecule has 8 heteroatoms. The molecule has 1 aliphatic heterocycles. The van der Waals surface area contributed by atoms with E-state index in [1.165, 1.54) is 11.4 Å². The second-order valence-corrected chi connectivity index (χ2v) is 7.87. The van der Waals surface area contributed by atoms with Crippen LogP contribution >= 0.6 is 19.3 Å². The quantitative estimate of drug-likeness (QED) is 0.302. The minimum Gasteiger partial charge on any atom is -0.464 e.